The summed E-state index contributed by atoms with van der Waals surface area (Å²) in [5.41, 5.74) is 1.46. The summed E-state index contributed by atoms with van der Waals surface area (Å²) in [6.07, 6.45) is 6.40. The van der Waals surface area contributed by atoms with Crippen LogP contribution in [-0.2, 0) is 0 Å². The van der Waals surface area contributed by atoms with Gasteiger partial charge >= 0.3 is 0 Å². The molecule has 21 heavy (non-hydrogen) atoms. The number of pyridine rings is 2. The summed E-state index contributed by atoms with van der Waals surface area (Å²) in [6, 6.07) is 5.44. The first-order valence-electron chi connectivity index (χ1n) is 6.09. The molecule has 7 nitrogen and oxygen atoms in total. The third kappa shape index (κ3) is 1.93. The van der Waals surface area contributed by atoms with Gasteiger partial charge in [-0.1, -0.05) is 11.3 Å². The van der Waals surface area contributed by atoms with Crippen molar-refractivity contribution in [2.45, 2.75) is 0 Å². The first-order valence-corrected chi connectivity index (χ1v) is 6.90. The average molecular weight is 296 g/mol. The molecular weight excluding hydrogens is 288 g/mol. The summed E-state index contributed by atoms with van der Waals surface area (Å²) >= 11 is 1.35. The van der Waals surface area contributed by atoms with Crippen LogP contribution in [0.15, 0.2) is 43.0 Å². The van der Waals surface area contributed by atoms with Crippen molar-refractivity contribution < 1.29 is 5.11 Å². The molecule has 1 N–H and O–H groups in total. The summed E-state index contributed by atoms with van der Waals surface area (Å²) in [5, 5.41) is 23.2. The molecule has 0 aliphatic heterocycles. The van der Waals surface area contributed by atoms with E-state index in [1.807, 2.05) is 12.1 Å². The van der Waals surface area contributed by atoms with E-state index in [1.165, 1.54) is 17.5 Å². The van der Waals surface area contributed by atoms with E-state index in [4.69, 9.17) is 0 Å². The van der Waals surface area contributed by atoms with E-state index in [2.05, 4.69) is 25.3 Å². The van der Waals surface area contributed by atoms with E-state index >= 15 is 0 Å². The Balaban J connectivity index is 1.89. The second-order valence-electron chi connectivity index (χ2n) is 4.26. The Morgan fingerprint density at radius 3 is 2.76 bits per heavy atom. The molecule has 0 saturated heterocycles. The monoisotopic (exact) mass is 296 g/mol. The van der Waals surface area contributed by atoms with Crippen molar-refractivity contribution in [3.63, 3.8) is 0 Å². The zero-order valence-corrected chi connectivity index (χ0v) is 11.4. The first kappa shape index (κ1) is 11.9. The molecule has 0 atom stereocenters. The first-order chi connectivity index (χ1) is 10.3. The van der Waals surface area contributed by atoms with Gasteiger partial charge in [-0.3, -0.25) is 9.97 Å². The lowest BCUT2D eigenvalue weighted by Gasteiger charge is -1.98. The fourth-order valence-electron chi connectivity index (χ4n) is 1.97. The van der Waals surface area contributed by atoms with E-state index in [1.54, 1.807) is 29.2 Å². The van der Waals surface area contributed by atoms with Gasteiger partial charge < -0.3 is 5.11 Å². The van der Waals surface area contributed by atoms with E-state index in [-0.39, 0.29) is 5.75 Å². The Bertz CT molecular complexity index is 917. The molecule has 8 heteroatoms. The highest BCUT2D eigenvalue weighted by atomic mass is 32.1. The van der Waals surface area contributed by atoms with Crippen LogP contribution >= 0.6 is 11.3 Å². The van der Waals surface area contributed by atoms with Crippen LogP contribution in [-0.4, -0.2) is 34.9 Å². The maximum Gasteiger partial charge on any atom is 0.235 e. The van der Waals surface area contributed by atoms with Crippen molar-refractivity contribution >= 4 is 16.3 Å². The van der Waals surface area contributed by atoms with Gasteiger partial charge in [0.05, 0.1) is 11.8 Å². The summed E-state index contributed by atoms with van der Waals surface area (Å²) in [4.78, 5) is 8.59. The smallest absolute Gasteiger partial charge is 0.235 e. The van der Waals surface area contributed by atoms with Crippen LogP contribution in [0.4, 0.5) is 0 Å². The molecule has 0 bridgehead atoms. The van der Waals surface area contributed by atoms with Gasteiger partial charge in [0.15, 0.2) is 10.8 Å². The van der Waals surface area contributed by atoms with Gasteiger partial charge in [-0.15, -0.1) is 10.2 Å². The number of hydrogen-bond donors (Lipinski definition) is 1. The van der Waals surface area contributed by atoms with Crippen LogP contribution in [0.3, 0.4) is 0 Å². The molecule has 4 aromatic rings. The fraction of sp³-hybridized carbons (Fsp3) is 0. The maximum atomic E-state index is 9.86. The SMILES string of the molecule is Oc1cnccc1-c1nn2c(-c3cccnc3)nnc2s1. The normalized spacial score (nSPS) is 11.0. The number of hydrogen-bond acceptors (Lipinski definition) is 7. The van der Waals surface area contributed by atoms with Crippen molar-refractivity contribution in [1.29, 1.82) is 0 Å². The Hall–Kier alpha value is -2.87. The maximum absolute atomic E-state index is 9.86. The standard InChI is InChI=1S/C13H8N6OS/c20-10-7-15-5-3-9(10)12-18-19-11(16-17-13(19)21-12)8-2-1-4-14-6-8/h1-7,20H. The van der Waals surface area contributed by atoms with Crippen molar-refractivity contribution in [2.75, 3.05) is 0 Å². The van der Waals surface area contributed by atoms with E-state index in [9.17, 15) is 5.11 Å². The Morgan fingerprint density at radius 1 is 1.05 bits per heavy atom. The van der Waals surface area contributed by atoms with Crippen LogP contribution in [0.5, 0.6) is 5.75 Å². The fourth-order valence-corrected chi connectivity index (χ4v) is 2.84. The van der Waals surface area contributed by atoms with Crippen LogP contribution in [0, 0.1) is 0 Å². The minimum atomic E-state index is 0.0883. The molecule has 0 aliphatic carbocycles. The van der Waals surface area contributed by atoms with Gasteiger partial charge in [-0.2, -0.15) is 9.61 Å². The second-order valence-corrected chi connectivity index (χ2v) is 5.22. The van der Waals surface area contributed by atoms with Crippen LogP contribution in [0.1, 0.15) is 0 Å². The van der Waals surface area contributed by atoms with Crippen LogP contribution in [0.2, 0.25) is 0 Å². The second kappa shape index (κ2) is 4.60. The largest absolute Gasteiger partial charge is 0.506 e. The predicted molar refractivity (Wildman–Crippen MR) is 76.8 cm³/mol. The molecule has 0 saturated carbocycles. The molecule has 0 amide bonds. The third-order valence-corrected chi connectivity index (χ3v) is 3.87. The lowest BCUT2D eigenvalue weighted by Crippen LogP contribution is -1.91. The lowest BCUT2D eigenvalue weighted by atomic mass is 10.2. The zero-order chi connectivity index (χ0) is 14.2. The van der Waals surface area contributed by atoms with Gasteiger partial charge in [0.25, 0.3) is 0 Å². The third-order valence-electron chi connectivity index (χ3n) is 2.94. The summed E-state index contributed by atoms with van der Waals surface area (Å²) < 4.78 is 1.65. The Morgan fingerprint density at radius 2 is 1.95 bits per heavy atom. The minimum Gasteiger partial charge on any atom is -0.506 e. The van der Waals surface area contributed by atoms with Crippen molar-refractivity contribution in [3.8, 4) is 27.7 Å². The Labute approximate surface area is 122 Å². The molecule has 0 spiro atoms. The van der Waals surface area contributed by atoms with E-state index in [0.717, 1.165) is 5.56 Å². The Kier molecular flexibility index (Phi) is 2.61. The van der Waals surface area contributed by atoms with E-state index < -0.39 is 0 Å². The number of rotatable bonds is 2. The minimum absolute atomic E-state index is 0.0883. The number of aromatic hydroxyl groups is 1. The predicted octanol–water partition coefficient (Wildman–Crippen LogP) is 2.02. The molecule has 0 aromatic carbocycles. The number of fused-ring (bicyclic) bond motifs is 1. The van der Waals surface area contributed by atoms with Gasteiger partial charge in [0, 0.05) is 24.2 Å². The van der Waals surface area contributed by atoms with Crippen molar-refractivity contribution in [2.24, 2.45) is 0 Å². The highest BCUT2D eigenvalue weighted by Crippen LogP contribution is 2.32. The highest BCUT2D eigenvalue weighted by molar-refractivity contribution is 7.19. The molecule has 0 radical (unpaired) electrons. The van der Waals surface area contributed by atoms with Gasteiger partial charge in [0.1, 0.15) is 5.75 Å². The molecule has 102 valence electrons. The quantitative estimate of drug-likeness (QED) is 0.608. The zero-order valence-electron chi connectivity index (χ0n) is 10.6. The average Bonchev–Trinajstić information content (AvgIpc) is 3.08. The van der Waals surface area contributed by atoms with Crippen LogP contribution < -0.4 is 0 Å². The van der Waals surface area contributed by atoms with Crippen molar-refractivity contribution in [3.05, 3.63) is 43.0 Å². The van der Waals surface area contributed by atoms with Gasteiger partial charge in [-0.05, 0) is 18.2 Å². The molecule has 4 aromatic heterocycles. The van der Waals surface area contributed by atoms with Crippen LogP contribution in [0.25, 0.3) is 26.9 Å². The highest BCUT2D eigenvalue weighted by Gasteiger charge is 2.16. The summed E-state index contributed by atoms with van der Waals surface area (Å²) in [6.45, 7) is 0. The molecule has 0 unspecified atom stereocenters. The van der Waals surface area contributed by atoms with E-state index in [0.29, 0.717) is 21.4 Å². The molecule has 0 aliphatic rings. The van der Waals surface area contributed by atoms with Crippen molar-refractivity contribution in [1.82, 2.24) is 29.8 Å². The molecule has 4 rings (SSSR count). The van der Waals surface area contributed by atoms with Gasteiger partial charge in [0.2, 0.25) is 4.96 Å². The molecule has 0 fully saturated rings. The number of aromatic nitrogens is 6. The lowest BCUT2D eigenvalue weighted by molar-refractivity contribution is 0.474. The summed E-state index contributed by atoms with van der Waals surface area (Å²) in [5.74, 6) is 0.708. The number of nitrogens with zero attached hydrogens (tertiary/aromatic N) is 6. The topological polar surface area (TPSA) is 89.1 Å². The summed E-state index contributed by atoms with van der Waals surface area (Å²) in [7, 11) is 0. The van der Waals surface area contributed by atoms with Gasteiger partial charge in [-0.25, -0.2) is 0 Å². The molecular formula is C13H8N6OS. The molecule has 4 heterocycles.